The number of imide groups is 2. The molecule has 1 saturated carbocycles. The maximum atomic E-state index is 15.1. The van der Waals surface area contributed by atoms with Crippen molar-refractivity contribution in [3.05, 3.63) is 69.2 Å². The fraction of sp³-hybridized carbons (Fsp3) is 0.415. The van der Waals surface area contributed by atoms with Crippen LogP contribution in [0.1, 0.15) is 62.5 Å². The van der Waals surface area contributed by atoms with Crippen molar-refractivity contribution in [1.29, 1.82) is 0 Å². The number of thiophene rings is 1. The Morgan fingerprint density at radius 3 is 2.54 bits per heavy atom. The third-order valence-corrected chi connectivity index (χ3v) is 14.3. The molecule has 8 rings (SSSR count). The van der Waals surface area contributed by atoms with Crippen molar-refractivity contribution in [2.75, 3.05) is 18.6 Å². The van der Waals surface area contributed by atoms with E-state index in [-0.39, 0.29) is 54.1 Å². The molecule has 0 bridgehead atoms. The lowest BCUT2D eigenvalue weighted by Crippen LogP contribution is -2.49. The molecule has 15 heteroatoms. The van der Waals surface area contributed by atoms with E-state index in [1.807, 2.05) is 31.2 Å². The first-order chi connectivity index (χ1) is 26.7. The monoisotopic (exact) mass is 818 g/mol. The average Bonchev–Trinajstić information content (AvgIpc) is 3.83. The van der Waals surface area contributed by atoms with Gasteiger partial charge in [-0.25, -0.2) is 4.90 Å². The molecule has 2 aromatic carbocycles. The first-order valence-electron chi connectivity index (χ1n) is 18.6. The second-order valence-corrected chi connectivity index (χ2v) is 17.4. The molecular formula is C41H40Cl2N4O8S. The summed E-state index contributed by atoms with van der Waals surface area (Å²) in [5, 5.41) is 26.1. The number of halogens is 2. The van der Waals surface area contributed by atoms with E-state index in [0.29, 0.717) is 41.4 Å². The normalized spacial score (nSPS) is 25.8. The molecule has 4 aliphatic rings. The van der Waals surface area contributed by atoms with Crippen LogP contribution in [0.5, 0.6) is 11.5 Å². The Hall–Kier alpha value is -4.72. The van der Waals surface area contributed by atoms with Crippen molar-refractivity contribution in [2.24, 2.45) is 36.1 Å². The van der Waals surface area contributed by atoms with E-state index in [1.54, 1.807) is 43.5 Å². The van der Waals surface area contributed by atoms with Crippen LogP contribution in [0.4, 0.5) is 5.82 Å². The minimum Gasteiger partial charge on any atom is -0.503 e. The van der Waals surface area contributed by atoms with Gasteiger partial charge in [-0.2, -0.15) is 5.10 Å². The Balaban J connectivity index is 1.19. The number of phenols is 1. The molecule has 12 nitrogen and oxygen atoms in total. The van der Waals surface area contributed by atoms with Gasteiger partial charge in [0.1, 0.15) is 11.5 Å². The highest BCUT2D eigenvalue weighted by atomic mass is 35.5. The van der Waals surface area contributed by atoms with Gasteiger partial charge in [0.05, 0.1) is 40.2 Å². The van der Waals surface area contributed by atoms with Gasteiger partial charge >= 0.3 is 5.97 Å². The third-order valence-electron chi connectivity index (χ3n) is 12.5. The van der Waals surface area contributed by atoms with Crippen molar-refractivity contribution in [3.63, 3.8) is 0 Å². The van der Waals surface area contributed by atoms with Gasteiger partial charge in [-0.15, -0.1) is 11.3 Å². The Labute approximate surface area is 336 Å². The van der Waals surface area contributed by atoms with Crippen molar-refractivity contribution >= 4 is 80.0 Å². The fourth-order valence-corrected chi connectivity index (χ4v) is 11.3. The van der Waals surface area contributed by atoms with Crippen LogP contribution in [0.2, 0.25) is 10.0 Å². The number of aromatic nitrogens is 2. The van der Waals surface area contributed by atoms with Crippen LogP contribution in [0.15, 0.2) is 48.0 Å². The topological polar surface area (TPSA) is 159 Å². The first kappa shape index (κ1) is 38.2. The summed E-state index contributed by atoms with van der Waals surface area (Å²) in [4.78, 5) is 72.4. The second-order valence-electron chi connectivity index (χ2n) is 15.5. The summed E-state index contributed by atoms with van der Waals surface area (Å²) in [6.07, 6.45) is 3.87. The van der Waals surface area contributed by atoms with Gasteiger partial charge in [0.25, 0.3) is 0 Å². The molecule has 3 fully saturated rings. The number of carboxylic acids is 1. The molecule has 4 heterocycles. The lowest BCUT2D eigenvalue weighted by molar-refractivity contribution is -0.141. The number of phenolic OH excluding ortho intramolecular Hbond substituents is 1. The number of nitrogens with zero attached hydrogens (tertiary/aromatic N) is 4. The number of ether oxygens (including phenoxy) is 1. The van der Waals surface area contributed by atoms with Crippen molar-refractivity contribution in [3.8, 4) is 22.1 Å². The quantitative estimate of drug-likeness (QED) is 0.0939. The molecule has 0 spiro atoms. The SMILES string of the molecule is COc1cc([C@H]2C3=CC[C@@H]4C(=O)N(CCCCCC(=O)O)C(=O)[C@@H]4[C@@H]3C[C@H]3C(=O)N(c4cc(-c5sc6ccc(Cl)cc6c5C)nn4C)C(=O)[C@@]23C)cc(Cl)c1O. The minimum atomic E-state index is -1.36. The Morgan fingerprint density at radius 2 is 1.80 bits per heavy atom. The van der Waals surface area contributed by atoms with Gasteiger partial charge in [-0.1, -0.05) is 41.3 Å². The maximum Gasteiger partial charge on any atom is 0.303 e. The number of hydrogen-bond donors (Lipinski definition) is 2. The number of unbranched alkanes of at least 4 members (excludes halogenated alkanes) is 2. The van der Waals surface area contributed by atoms with Crippen LogP contribution >= 0.6 is 34.5 Å². The number of methoxy groups -OCH3 is 1. The highest BCUT2D eigenvalue weighted by Crippen LogP contribution is 2.64. The highest BCUT2D eigenvalue weighted by molar-refractivity contribution is 7.22. The number of carbonyl (C=O) groups is 5. The predicted octanol–water partition coefficient (Wildman–Crippen LogP) is 7.51. The number of carbonyl (C=O) groups excluding carboxylic acids is 4. The molecule has 0 radical (unpaired) electrons. The highest BCUT2D eigenvalue weighted by Gasteiger charge is 2.68. The Kier molecular flexibility index (Phi) is 9.56. The number of likely N-dealkylation sites (tertiary alicyclic amines) is 1. The Morgan fingerprint density at radius 1 is 1.04 bits per heavy atom. The lowest BCUT2D eigenvalue weighted by Gasteiger charge is -2.49. The van der Waals surface area contributed by atoms with E-state index in [1.165, 1.54) is 21.6 Å². The largest absolute Gasteiger partial charge is 0.503 e. The van der Waals surface area contributed by atoms with Crippen LogP contribution in [-0.4, -0.2) is 68.1 Å². The molecule has 56 heavy (non-hydrogen) atoms. The van der Waals surface area contributed by atoms with Gasteiger partial charge in [0.15, 0.2) is 11.5 Å². The van der Waals surface area contributed by atoms with E-state index in [4.69, 9.17) is 38.1 Å². The van der Waals surface area contributed by atoms with Crippen molar-refractivity contribution in [1.82, 2.24) is 14.7 Å². The summed E-state index contributed by atoms with van der Waals surface area (Å²) in [5.41, 5.74) is 1.52. The number of amides is 4. The van der Waals surface area contributed by atoms with Crippen molar-refractivity contribution in [2.45, 2.75) is 58.3 Å². The summed E-state index contributed by atoms with van der Waals surface area (Å²) in [5.74, 6) is -5.79. The van der Waals surface area contributed by atoms with Gasteiger partial charge < -0.3 is 14.9 Å². The molecule has 2 aromatic heterocycles. The number of aliphatic carboxylic acids is 1. The van der Waals surface area contributed by atoms with Gasteiger partial charge in [-0.3, -0.25) is 33.6 Å². The summed E-state index contributed by atoms with van der Waals surface area (Å²) in [6, 6.07) is 10.6. The van der Waals surface area contributed by atoms with E-state index in [2.05, 4.69) is 0 Å². The summed E-state index contributed by atoms with van der Waals surface area (Å²) >= 11 is 14.4. The number of aromatic hydroxyl groups is 1. The number of rotatable bonds is 10. The second kappa shape index (κ2) is 14.0. The molecule has 2 saturated heterocycles. The summed E-state index contributed by atoms with van der Waals surface area (Å²) in [6.45, 7) is 3.95. The first-order valence-corrected chi connectivity index (χ1v) is 20.2. The van der Waals surface area contributed by atoms with Crippen LogP contribution in [0.25, 0.3) is 20.7 Å². The molecule has 4 aromatic rings. The number of aryl methyl sites for hydroxylation is 2. The number of carboxylic acid groups (broad SMARTS) is 1. The maximum absolute atomic E-state index is 15.1. The predicted molar refractivity (Wildman–Crippen MR) is 211 cm³/mol. The van der Waals surface area contributed by atoms with Gasteiger partial charge in [0, 0.05) is 41.7 Å². The van der Waals surface area contributed by atoms with Crippen molar-refractivity contribution < 1.29 is 38.9 Å². The zero-order chi connectivity index (χ0) is 40.0. The van der Waals surface area contributed by atoms with Crippen LogP contribution in [0, 0.1) is 36.0 Å². The van der Waals surface area contributed by atoms with E-state index >= 15 is 4.79 Å². The summed E-state index contributed by atoms with van der Waals surface area (Å²) < 4.78 is 8.05. The zero-order valence-electron chi connectivity index (χ0n) is 31.2. The smallest absolute Gasteiger partial charge is 0.303 e. The number of benzene rings is 2. The molecule has 2 aliphatic heterocycles. The average molecular weight is 820 g/mol. The number of allylic oxidation sites excluding steroid dienone is 2. The van der Waals surface area contributed by atoms with E-state index in [0.717, 1.165) is 26.1 Å². The van der Waals surface area contributed by atoms with Crippen LogP contribution in [0.3, 0.4) is 0 Å². The van der Waals surface area contributed by atoms with Gasteiger partial charge in [0.2, 0.25) is 23.6 Å². The third kappa shape index (κ3) is 5.75. The molecule has 6 atom stereocenters. The molecule has 292 valence electrons. The number of fused-ring (bicyclic) bond motifs is 5. The molecular weight excluding hydrogens is 779 g/mol. The fourth-order valence-electron chi connectivity index (χ4n) is 9.75. The number of anilines is 1. The minimum absolute atomic E-state index is 0.00185. The van der Waals surface area contributed by atoms with Crippen LogP contribution in [-0.2, 0) is 31.0 Å². The molecule has 2 aliphatic carbocycles. The molecule has 4 amide bonds. The Bertz CT molecular complexity index is 2400. The van der Waals surface area contributed by atoms with E-state index < -0.39 is 52.8 Å². The zero-order valence-corrected chi connectivity index (χ0v) is 33.5. The molecule has 2 N–H and O–H groups in total. The van der Waals surface area contributed by atoms with Crippen LogP contribution < -0.4 is 9.64 Å². The number of hydrogen-bond acceptors (Lipinski definition) is 9. The van der Waals surface area contributed by atoms with E-state index in [9.17, 15) is 24.3 Å². The lowest BCUT2D eigenvalue weighted by atomic mass is 9.51. The summed E-state index contributed by atoms with van der Waals surface area (Å²) in [7, 11) is 3.09. The molecule has 0 unspecified atom stereocenters. The van der Waals surface area contributed by atoms with Gasteiger partial charge in [-0.05, 0) is 92.3 Å². The standard InChI is InChI=1S/C41H40Cl2N4O8S/c1-19-24-16-21(42)9-12-30(24)56-36(19)28-18-31(45(3)44-28)47-38(52)26-17-25-22(34(41(26,2)40(47)54)20-14-27(43)35(50)29(15-20)55-4)10-11-23-33(25)39(53)46(37(23)51)13-7-5-6-8-32(48)49/h9-10,12,14-16,18,23,25-26,33-34,50H,5-8,11,13,17H2,1-4H3,(H,48,49)/t23-,25+,26-,33-,34-,41+/m0/s1.